The minimum atomic E-state index is -0.151. The second-order valence-corrected chi connectivity index (χ2v) is 4.35. The Morgan fingerprint density at radius 2 is 2.12 bits per heavy atom. The van der Waals surface area contributed by atoms with Crippen molar-refractivity contribution in [2.75, 3.05) is 18.6 Å². The van der Waals surface area contributed by atoms with Crippen LogP contribution in [0, 0.1) is 0 Å². The van der Waals surface area contributed by atoms with Crippen molar-refractivity contribution in [2.24, 2.45) is 0 Å². The molecule has 1 aromatic rings. The van der Waals surface area contributed by atoms with E-state index in [4.69, 9.17) is 16.2 Å². The molecule has 5 heteroatoms. The Hall–Kier alpha value is -1.75. The van der Waals surface area contributed by atoms with Crippen molar-refractivity contribution >= 4 is 17.3 Å². The van der Waals surface area contributed by atoms with Gasteiger partial charge in [0.15, 0.2) is 0 Å². The normalized spacial score (nSPS) is 22.9. The number of amides is 1. The molecule has 0 unspecified atom stereocenters. The summed E-state index contributed by atoms with van der Waals surface area (Å²) in [6.45, 7) is 0. The van der Waals surface area contributed by atoms with Gasteiger partial charge in [0.05, 0.1) is 11.7 Å². The molecule has 0 saturated heterocycles. The molecule has 1 aliphatic rings. The van der Waals surface area contributed by atoms with Crippen LogP contribution in [0.3, 0.4) is 0 Å². The van der Waals surface area contributed by atoms with Gasteiger partial charge in [-0.05, 0) is 31.0 Å². The average molecular weight is 235 g/mol. The fourth-order valence-corrected chi connectivity index (χ4v) is 1.93. The Labute approximate surface area is 100 Å². The maximum atomic E-state index is 11.9. The van der Waals surface area contributed by atoms with E-state index in [9.17, 15) is 4.79 Å². The van der Waals surface area contributed by atoms with Gasteiger partial charge in [0, 0.05) is 24.5 Å². The van der Waals surface area contributed by atoms with Crippen molar-refractivity contribution in [2.45, 2.75) is 25.0 Å². The summed E-state index contributed by atoms with van der Waals surface area (Å²) in [5, 5.41) is 2.92. The van der Waals surface area contributed by atoms with Gasteiger partial charge in [-0.25, -0.2) is 0 Å². The number of ether oxygens (including phenoxy) is 1. The predicted molar refractivity (Wildman–Crippen MR) is 66.6 cm³/mol. The molecular formula is C12H17N3O2. The van der Waals surface area contributed by atoms with E-state index in [-0.39, 0.29) is 18.1 Å². The monoisotopic (exact) mass is 235 g/mol. The summed E-state index contributed by atoms with van der Waals surface area (Å²) < 4.78 is 5.15. The number of rotatable bonds is 3. The van der Waals surface area contributed by atoms with Crippen LogP contribution in [-0.2, 0) is 4.74 Å². The van der Waals surface area contributed by atoms with Crippen LogP contribution < -0.4 is 16.8 Å². The average Bonchev–Trinajstić information content (AvgIpc) is 2.22. The van der Waals surface area contributed by atoms with Crippen LogP contribution in [0.25, 0.3) is 0 Å². The summed E-state index contributed by atoms with van der Waals surface area (Å²) in [5.74, 6) is -0.151. The number of carbonyl (C=O) groups excluding carboxylic acids is 1. The molecule has 0 radical (unpaired) electrons. The Kier molecular flexibility index (Phi) is 3.19. The Morgan fingerprint density at radius 1 is 1.41 bits per heavy atom. The third kappa shape index (κ3) is 2.50. The van der Waals surface area contributed by atoms with E-state index in [1.165, 1.54) is 0 Å². The van der Waals surface area contributed by atoms with Gasteiger partial charge in [0.25, 0.3) is 5.91 Å². The molecular weight excluding hydrogens is 218 g/mol. The third-order valence-electron chi connectivity index (χ3n) is 3.08. The number of methoxy groups -OCH3 is 1. The molecule has 0 spiro atoms. The molecule has 1 aromatic carbocycles. The van der Waals surface area contributed by atoms with Crippen molar-refractivity contribution < 1.29 is 9.53 Å². The lowest BCUT2D eigenvalue weighted by molar-refractivity contribution is 0.0176. The molecule has 17 heavy (non-hydrogen) atoms. The molecule has 92 valence electrons. The summed E-state index contributed by atoms with van der Waals surface area (Å²) in [6.07, 6.45) is 1.98. The number of hydrogen-bond acceptors (Lipinski definition) is 4. The van der Waals surface area contributed by atoms with Crippen LogP contribution in [0.1, 0.15) is 23.2 Å². The molecule has 1 aliphatic carbocycles. The van der Waals surface area contributed by atoms with Gasteiger partial charge in [-0.2, -0.15) is 0 Å². The molecule has 0 aliphatic heterocycles. The predicted octanol–water partition coefficient (Wildman–Crippen LogP) is 0.758. The molecule has 1 saturated carbocycles. The van der Waals surface area contributed by atoms with E-state index >= 15 is 0 Å². The van der Waals surface area contributed by atoms with Crippen LogP contribution >= 0.6 is 0 Å². The highest BCUT2D eigenvalue weighted by molar-refractivity contribution is 5.99. The quantitative estimate of drug-likeness (QED) is 0.674. The van der Waals surface area contributed by atoms with Gasteiger partial charge >= 0.3 is 0 Å². The van der Waals surface area contributed by atoms with E-state index in [0.29, 0.717) is 16.9 Å². The second-order valence-electron chi connectivity index (χ2n) is 4.35. The highest BCUT2D eigenvalue weighted by Gasteiger charge is 2.30. The minimum Gasteiger partial charge on any atom is -0.399 e. The van der Waals surface area contributed by atoms with Gasteiger partial charge in [-0.15, -0.1) is 0 Å². The fourth-order valence-electron chi connectivity index (χ4n) is 1.93. The van der Waals surface area contributed by atoms with E-state index < -0.39 is 0 Å². The first kappa shape index (κ1) is 11.7. The zero-order valence-corrected chi connectivity index (χ0v) is 9.77. The number of benzene rings is 1. The molecule has 5 N–H and O–H groups in total. The van der Waals surface area contributed by atoms with Crippen LogP contribution in [0.15, 0.2) is 18.2 Å². The van der Waals surface area contributed by atoms with Crippen molar-refractivity contribution in [3.05, 3.63) is 23.8 Å². The fraction of sp³-hybridized carbons (Fsp3) is 0.417. The Bertz CT molecular complexity index is 428. The van der Waals surface area contributed by atoms with Gasteiger partial charge in [0.2, 0.25) is 0 Å². The summed E-state index contributed by atoms with van der Waals surface area (Å²) in [5.41, 5.74) is 12.8. The van der Waals surface area contributed by atoms with Gasteiger partial charge in [-0.3, -0.25) is 4.79 Å². The first-order valence-corrected chi connectivity index (χ1v) is 5.59. The minimum absolute atomic E-state index is 0.151. The number of nitrogens with one attached hydrogen (secondary N) is 1. The first-order chi connectivity index (χ1) is 8.10. The number of carbonyl (C=O) groups is 1. The SMILES string of the molecule is COC1CC(NC(=O)c2ccc(N)cc2N)C1. The summed E-state index contributed by atoms with van der Waals surface area (Å²) >= 11 is 0. The van der Waals surface area contributed by atoms with Crippen molar-refractivity contribution in [1.29, 1.82) is 0 Å². The van der Waals surface area contributed by atoms with E-state index in [1.54, 1.807) is 25.3 Å². The molecule has 0 heterocycles. The summed E-state index contributed by atoms with van der Waals surface area (Å²) in [4.78, 5) is 11.9. The molecule has 0 aromatic heterocycles. The lowest BCUT2D eigenvalue weighted by Gasteiger charge is -2.34. The van der Waals surface area contributed by atoms with Gasteiger partial charge in [0.1, 0.15) is 0 Å². The Morgan fingerprint density at radius 3 is 2.71 bits per heavy atom. The van der Waals surface area contributed by atoms with Crippen molar-refractivity contribution in [3.8, 4) is 0 Å². The second kappa shape index (κ2) is 4.63. The molecule has 1 fully saturated rings. The highest BCUT2D eigenvalue weighted by Crippen LogP contribution is 2.23. The molecule has 5 nitrogen and oxygen atoms in total. The topological polar surface area (TPSA) is 90.4 Å². The van der Waals surface area contributed by atoms with E-state index in [1.807, 2.05) is 0 Å². The summed E-state index contributed by atoms with van der Waals surface area (Å²) in [6, 6.07) is 5.09. The van der Waals surface area contributed by atoms with Crippen LogP contribution in [0.5, 0.6) is 0 Å². The highest BCUT2D eigenvalue weighted by atomic mass is 16.5. The Balaban J connectivity index is 1.96. The largest absolute Gasteiger partial charge is 0.399 e. The zero-order valence-electron chi connectivity index (χ0n) is 9.77. The maximum absolute atomic E-state index is 11.9. The maximum Gasteiger partial charge on any atom is 0.253 e. The van der Waals surface area contributed by atoms with Crippen LogP contribution in [0.2, 0.25) is 0 Å². The first-order valence-electron chi connectivity index (χ1n) is 5.59. The molecule has 1 amide bonds. The number of nitrogen functional groups attached to an aromatic ring is 2. The molecule has 0 atom stereocenters. The summed E-state index contributed by atoms with van der Waals surface area (Å²) in [7, 11) is 1.68. The smallest absolute Gasteiger partial charge is 0.253 e. The standard InChI is InChI=1S/C12H17N3O2/c1-17-9-5-8(6-9)15-12(16)10-3-2-7(13)4-11(10)14/h2-4,8-9H,5-6,13-14H2,1H3,(H,15,16). The number of hydrogen-bond donors (Lipinski definition) is 3. The molecule has 0 bridgehead atoms. The number of nitrogens with two attached hydrogens (primary N) is 2. The van der Waals surface area contributed by atoms with Gasteiger partial charge < -0.3 is 21.5 Å². The van der Waals surface area contributed by atoms with Crippen molar-refractivity contribution in [3.63, 3.8) is 0 Å². The van der Waals surface area contributed by atoms with Crippen LogP contribution in [-0.4, -0.2) is 25.2 Å². The van der Waals surface area contributed by atoms with Gasteiger partial charge in [-0.1, -0.05) is 0 Å². The molecule has 2 rings (SSSR count). The third-order valence-corrected chi connectivity index (χ3v) is 3.08. The lowest BCUT2D eigenvalue weighted by Crippen LogP contribution is -2.47. The zero-order chi connectivity index (χ0) is 12.4. The lowest BCUT2D eigenvalue weighted by atomic mass is 9.89. The van der Waals surface area contributed by atoms with E-state index in [2.05, 4.69) is 5.32 Å². The van der Waals surface area contributed by atoms with Crippen LogP contribution in [0.4, 0.5) is 11.4 Å². The van der Waals surface area contributed by atoms with Crippen molar-refractivity contribution in [1.82, 2.24) is 5.32 Å². The number of anilines is 2. The van der Waals surface area contributed by atoms with E-state index in [0.717, 1.165) is 12.8 Å².